The monoisotopic (exact) mass is 1410 g/mol. The smallest absolute Gasteiger partial charge is 0.220 e. The average Bonchev–Trinajstić information content (AvgIpc) is 0.794. The maximum Gasteiger partial charge on any atom is 0.220 e. The molecular weight excluding hydrogens is 1240 g/mol. The Labute approximate surface area is 609 Å². The number of nitrogens with one attached hydrogen (secondary N) is 1. The molecule has 2 rings (SSSR count). The van der Waals surface area contributed by atoms with E-state index in [9.17, 15) is 45.6 Å². The van der Waals surface area contributed by atoms with Crippen LogP contribution in [0.25, 0.3) is 0 Å². The fraction of sp³-hybridized carbons (Fsp3) is 0.965. The molecule has 0 radical (unpaired) electrons. The highest BCUT2D eigenvalue weighted by atomic mass is 16.7. The zero-order valence-corrected chi connectivity index (χ0v) is 64.8. The van der Waals surface area contributed by atoms with Gasteiger partial charge in [-0.2, -0.15) is 0 Å². The number of hydrogen-bond acceptors (Lipinski definition) is 13. The molecule has 0 spiro atoms. The second-order valence-electron chi connectivity index (χ2n) is 31.0. The number of carbonyl (C=O) groups is 1. The molecule has 2 saturated heterocycles. The lowest BCUT2D eigenvalue weighted by Gasteiger charge is -2.46. The molecule has 2 aliphatic heterocycles. The molecule has 12 atom stereocenters. The summed E-state index contributed by atoms with van der Waals surface area (Å²) >= 11 is 0. The Kier molecular flexibility index (Phi) is 66.1. The lowest BCUT2D eigenvalue weighted by Crippen LogP contribution is -2.65. The van der Waals surface area contributed by atoms with Crippen molar-refractivity contribution in [2.75, 3.05) is 19.8 Å². The highest BCUT2D eigenvalue weighted by molar-refractivity contribution is 5.76. The third-order valence-electron chi connectivity index (χ3n) is 21.7. The van der Waals surface area contributed by atoms with Gasteiger partial charge in [-0.05, 0) is 19.3 Å². The summed E-state index contributed by atoms with van der Waals surface area (Å²) < 4.78 is 23.0. The van der Waals surface area contributed by atoms with Crippen molar-refractivity contribution < 1.29 is 64.6 Å². The van der Waals surface area contributed by atoms with Crippen LogP contribution in [0.5, 0.6) is 0 Å². The van der Waals surface area contributed by atoms with E-state index in [1.807, 2.05) is 6.08 Å². The SMILES string of the molecule is CCCCCCCCCCCCCCCCCCCCCCCCCCC/C=C/C(O)C(COC1OC(CO)C(OC2OC(CO)C(O)C(O)C2O)C(O)C1O)NC(=O)CCCCCCCCCCCCCCCCCCCCCCCCCCCCCCCCCCCCCCCC. The summed E-state index contributed by atoms with van der Waals surface area (Å²) in [4.78, 5) is 13.4. The average molecular weight is 1410 g/mol. The number of carbonyl (C=O) groups excluding carboxylic acids is 1. The van der Waals surface area contributed by atoms with Crippen molar-refractivity contribution >= 4 is 5.91 Å². The standard InChI is InChI=1S/C85H165NO13/c1-3-5-7-9-11-13-15-17-19-21-23-25-27-29-31-32-33-34-35-36-37-38-39-40-41-43-45-47-49-51-53-55-57-59-61-63-65-67-69-77(90)86-73(72-96-84-82(95)80(93)83(76(71-88)98-84)99-85-81(94)79(92)78(91)75(70-87)97-85)74(89)68-66-64-62-60-58-56-54-52-50-48-46-44-42-30-28-26-24-22-20-18-16-14-12-10-8-6-4-2/h66,68,73-76,78-85,87-89,91-95H,3-65,67,69-72H2,1-2H3,(H,86,90)/b68-66+. The van der Waals surface area contributed by atoms with Crippen molar-refractivity contribution in [3.8, 4) is 0 Å². The predicted molar refractivity (Wildman–Crippen MR) is 411 cm³/mol. The first-order chi connectivity index (χ1) is 48.6. The molecule has 0 aliphatic carbocycles. The number of allylic oxidation sites excluding steroid dienone is 1. The zero-order chi connectivity index (χ0) is 71.5. The van der Waals surface area contributed by atoms with Crippen molar-refractivity contribution in [1.29, 1.82) is 0 Å². The molecule has 14 nitrogen and oxygen atoms in total. The Bertz CT molecular complexity index is 1710. The van der Waals surface area contributed by atoms with E-state index in [0.717, 1.165) is 44.9 Å². The minimum atomic E-state index is -1.79. The normalized spacial score (nSPS) is 21.9. The number of ether oxygens (including phenoxy) is 4. The summed E-state index contributed by atoms with van der Waals surface area (Å²) in [5.41, 5.74) is 0. The van der Waals surface area contributed by atoms with Crippen LogP contribution in [0, 0.1) is 0 Å². The third-order valence-corrected chi connectivity index (χ3v) is 21.7. The molecule has 1 amide bonds. The first kappa shape index (κ1) is 93.8. The molecule has 2 heterocycles. The number of amides is 1. The number of hydrogen-bond donors (Lipinski definition) is 9. The third kappa shape index (κ3) is 52.4. The molecule has 14 heteroatoms. The summed E-state index contributed by atoms with van der Waals surface area (Å²) in [6.07, 6.45) is 73.3. The van der Waals surface area contributed by atoms with Crippen LogP contribution >= 0.6 is 0 Å². The molecule has 2 fully saturated rings. The van der Waals surface area contributed by atoms with Gasteiger partial charge in [0.2, 0.25) is 5.91 Å². The van der Waals surface area contributed by atoms with Gasteiger partial charge in [0.05, 0.1) is 32.0 Å². The van der Waals surface area contributed by atoms with Gasteiger partial charge in [-0.3, -0.25) is 4.79 Å². The summed E-state index contributed by atoms with van der Waals surface area (Å²) in [6, 6.07) is -0.913. The van der Waals surface area contributed by atoms with Crippen molar-refractivity contribution in [2.24, 2.45) is 0 Å². The molecule has 2 aliphatic rings. The zero-order valence-electron chi connectivity index (χ0n) is 64.8. The molecule has 0 aromatic heterocycles. The van der Waals surface area contributed by atoms with Gasteiger partial charge in [0.1, 0.15) is 48.8 Å². The summed E-state index contributed by atoms with van der Waals surface area (Å²) in [5, 5.41) is 87.8. The van der Waals surface area contributed by atoms with Gasteiger partial charge in [-0.1, -0.05) is 418 Å². The van der Waals surface area contributed by atoms with E-state index in [0.29, 0.717) is 0 Å². The maximum atomic E-state index is 13.4. The molecular formula is C85H165NO13. The minimum Gasteiger partial charge on any atom is -0.394 e. The highest BCUT2D eigenvalue weighted by Gasteiger charge is 2.51. The molecule has 0 bridgehead atoms. The van der Waals surface area contributed by atoms with Crippen LogP contribution in [-0.4, -0.2) is 140 Å². The van der Waals surface area contributed by atoms with Gasteiger partial charge in [-0.15, -0.1) is 0 Å². The first-order valence-electron chi connectivity index (χ1n) is 43.4. The van der Waals surface area contributed by atoms with Crippen molar-refractivity contribution in [3.05, 3.63) is 12.2 Å². The Hall–Kier alpha value is -1.27. The molecule has 0 aromatic carbocycles. The summed E-state index contributed by atoms with van der Waals surface area (Å²) in [7, 11) is 0. The Morgan fingerprint density at radius 3 is 0.929 bits per heavy atom. The largest absolute Gasteiger partial charge is 0.394 e. The van der Waals surface area contributed by atoms with E-state index in [4.69, 9.17) is 18.9 Å². The van der Waals surface area contributed by atoms with Gasteiger partial charge in [0.15, 0.2) is 12.6 Å². The van der Waals surface area contributed by atoms with Crippen molar-refractivity contribution in [1.82, 2.24) is 5.32 Å². The topological polar surface area (TPSA) is 228 Å². The van der Waals surface area contributed by atoms with Gasteiger partial charge in [-0.25, -0.2) is 0 Å². The van der Waals surface area contributed by atoms with Gasteiger partial charge in [0.25, 0.3) is 0 Å². The fourth-order valence-electron chi connectivity index (χ4n) is 14.9. The van der Waals surface area contributed by atoms with Crippen LogP contribution in [0.3, 0.4) is 0 Å². The van der Waals surface area contributed by atoms with E-state index in [-0.39, 0.29) is 18.9 Å². The van der Waals surface area contributed by atoms with Crippen LogP contribution in [0.4, 0.5) is 0 Å². The van der Waals surface area contributed by atoms with E-state index < -0.39 is 86.8 Å². The molecule has 0 saturated carbocycles. The second kappa shape index (κ2) is 69.8. The van der Waals surface area contributed by atoms with Crippen LogP contribution in [0.1, 0.15) is 431 Å². The first-order valence-corrected chi connectivity index (χ1v) is 43.4. The number of rotatable bonds is 75. The Morgan fingerprint density at radius 1 is 0.354 bits per heavy atom. The van der Waals surface area contributed by atoms with Gasteiger partial charge < -0.3 is 65.1 Å². The molecule has 588 valence electrons. The van der Waals surface area contributed by atoms with Crippen molar-refractivity contribution in [3.63, 3.8) is 0 Å². The number of aliphatic hydroxyl groups excluding tert-OH is 8. The molecule has 12 unspecified atom stereocenters. The second-order valence-corrected chi connectivity index (χ2v) is 31.0. The number of aliphatic hydroxyl groups is 8. The van der Waals surface area contributed by atoms with Crippen LogP contribution in [-0.2, 0) is 23.7 Å². The van der Waals surface area contributed by atoms with E-state index in [2.05, 4.69) is 19.2 Å². The van der Waals surface area contributed by atoms with E-state index >= 15 is 0 Å². The van der Waals surface area contributed by atoms with Gasteiger partial charge in [0, 0.05) is 6.42 Å². The fourth-order valence-corrected chi connectivity index (χ4v) is 14.9. The Balaban J connectivity index is 1.56. The molecule has 9 N–H and O–H groups in total. The van der Waals surface area contributed by atoms with Crippen LogP contribution in [0.2, 0.25) is 0 Å². The maximum absolute atomic E-state index is 13.4. The summed E-state index contributed by atoms with van der Waals surface area (Å²) in [5.74, 6) is -0.228. The highest BCUT2D eigenvalue weighted by Crippen LogP contribution is 2.31. The van der Waals surface area contributed by atoms with E-state index in [1.54, 1.807) is 6.08 Å². The minimum absolute atomic E-state index is 0.228. The van der Waals surface area contributed by atoms with Crippen molar-refractivity contribution in [2.45, 2.75) is 505 Å². The summed E-state index contributed by atoms with van der Waals surface area (Å²) in [6.45, 7) is 2.89. The van der Waals surface area contributed by atoms with Gasteiger partial charge >= 0.3 is 0 Å². The number of unbranched alkanes of at least 4 members (excludes halogenated alkanes) is 62. The Morgan fingerprint density at radius 2 is 0.626 bits per heavy atom. The molecule has 0 aromatic rings. The quantitative estimate of drug-likeness (QED) is 0.0204. The van der Waals surface area contributed by atoms with Crippen LogP contribution < -0.4 is 5.32 Å². The molecule has 99 heavy (non-hydrogen) atoms. The van der Waals surface area contributed by atoms with E-state index in [1.165, 1.54) is 366 Å². The van der Waals surface area contributed by atoms with Crippen LogP contribution in [0.15, 0.2) is 12.2 Å². The lowest BCUT2D eigenvalue weighted by atomic mass is 9.97. The lowest BCUT2D eigenvalue weighted by molar-refractivity contribution is -0.359. The predicted octanol–water partition coefficient (Wildman–Crippen LogP) is 20.4.